The van der Waals surface area contributed by atoms with Crippen LogP contribution in [0.1, 0.15) is 30.9 Å². The first-order valence-corrected chi connectivity index (χ1v) is 5.99. The summed E-state index contributed by atoms with van der Waals surface area (Å²) in [5, 5.41) is 0. The van der Waals surface area contributed by atoms with E-state index in [0.29, 0.717) is 11.8 Å². The van der Waals surface area contributed by atoms with Crippen LogP contribution in [0.4, 0.5) is 4.39 Å². The Kier molecular flexibility index (Phi) is 3.59. The zero-order valence-electron chi connectivity index (χ0n) is 9.95. The lowest BCUT2D eigenvalue weighted by Gasteiger charge is -2.24. The zero-order chi connectivity index (χ0) is 11.5. The maximum atomic E-state index is 12.2. The van der Waals surface area contributed by atoms with E-state index in [-0.39, 0.29) is 12.7 Å². The van der Waals surface area contributed by atoms with Gasteiger partial charge in [-0.25, -0.2) is 4.39 Å². The van der Waals surface area contributed by atoms with Crippen molar-refractivity contribution in [1.82, 2.24) is 0 Å². The highest BCUT2D eigenvalue weighted by Crippen LogP contribution is 2.39. The molecule has 1 aliphatic rings. The van der Waals surface area contributed by atoms with Crippen molar-refractivity contribution in [3.8, 4) is 0 Å². The van der Waals surface area contributed by atoms with Crippen LogP contribution >= 0.6 is 0 Å². The second kappa shape index (κ2) is 4.96. The second-order valence-corrected chi connectivity index (χ2v) is 4.77. The number of halogens is 1. The standard InChI is InChI=1S/C14H19FO/c1-10(2)14-12-6-4-3-5-11(12)9-13(14)16-8-7-15/h3-6,10,13-14H,7-9H2,1-2H3/t13-,14?/m1/s1. The Morgan fingerprint density at radius 1 is 1.38 bits per heavy atom. The summed E-state index contributed by atoms with van der Waals surface area (Å²) in [5.74, 6) is 0.955. The van der Waals surface area contributed by atoms with Gasteiger partial charge in [-0.3, -0.25) is 0 Å². The average Bonchev–Trinajstić information content (AvgIpc) is 2.64. The largest absolute Gasteiger partial charge is 0.375 e. The minimum absolute atomic E-state index is 0.160. The molecule has 0 N–H and O–H groups in total. The number of rotatable bonds is 4. The smallest absolute Gasteiger partial charge is 0.113 e. The highest BCUT2D eigenvalue weighted by molar-refractivity contribution is 5.37. The van der Waals surface area contributed by atoms with E-state index < -0.39 is 6.67 Å². The molecular weight excluding hydrogens is 203 g/mol. The summed E-state index contributed by atoms with van der Waals surface area (Å²) in [4.78, 5) is 0. The van der Waals surface area contributed by atoms with Crippen LogP contribution in [0, 0.1) is 5.92 Å². The van der Waals surface area contributed by atoms with Crippen molar-refractivity contribution >= 4 is 0 Å². The summed E-state index contributed by atoms with van der Waals surface area (Å²) in [7, 11) is 0. The fraction of sp³-hybridized carbons (Fsp3) is 0.571. The van der Waals surface area contributed by atoms with Crippen molar-refractivity contribution in [2.24, 2.45) is 5.92 Å². The van der Waals surface area contributed by atoms with E-state index in [2.05, 4.69) is 38.1 Å². The molecule has 16 heavy (non-hydrogen) atoms. The summed E-state index contributed by atoms with van der Waals surface area (Å²) in [5.41, 5.74) is 2.76. The molecule has 0 radical (unpaired) electrons. The van der Waals surface area contributed by atoms with Gasteiger partial charge in [0.05, 0.1) is 12.7 Å². The summed E-state index contributed by atoms with van der Waals surface area (Å²) in [6.45, 7) is 4.25. The Morgan fingerprint density at radius 3 is 2.81 bits per heavy atom. The summed E-state index contributed by atoms with van der Waals surface area (Å²) in [6, 6.07) is 8.47. The molecule has 0 bridgehead atoms. The van der Waals surface area contributed by atoms with Crippen molar-refractivity contribution in [2.75, 3.05) is 13.3 Å². The number of ether oxygens (including phenoxy) is 1. The fourth-order valence-electron chi connectivity index (χ4n) is 2.74. The van der Waals surface area contributed by atoms with Gasteiger partial charge < -0.3 is 4.74 Å². The van der Waals surface area contributed by atoms with E-state index in [1.54, 1.807) is 0 Å². The molecule has 88 valence electrons. The number of alkyl halides is 1. The maximum Gasteiger partial charge on any atom is 0.113 e. The number of benzene rings is 1. The van der Waals surface area contributed by atoms with Gasteiger partial charge in [0.25, 0.3) is 0 Å². The molecule has 2 rings (SSSR count). The van der Waals surface area contributed by atoms with Gasteiger partial charge in [-0.05, 0) is 23.5 Å². The van der Waals surface area contributed by atoms with Crippen molar-refractivity contribution in [2.45, 2.75) is 32.3 Å². The van der Waals surface area contributed by atoms with E-state index in [9.17, 15) is 4.39 Å². The molecule has 0 aromatic heterocycles. The molecule has 0 saturated carbocycles. The number of hydrogen-bond acceptors (Lipinski definition) is 1. The highest BCUT2D eigenvalue weighted by Gasteiger charge is 2.34. The third kappa shape index (κ3) is 2.12. The molecule has 1 aliphatic carbocycles. The van der Waals surface area contributed by atoms with Crippen LogP contribution in [0.3, 0.4) is 0 Å². The Hall–Kier alpha value is -0.890. The van der Waals surface area contributed by atoms with Gasteiger partial charge in [-0.15, -0.1) is 0 Å². The van der Waals surface area contributed by atoms with Crippen molar-refractivity contribution in [1.29, 1.82) is 0 Å². The topological polar surface area (TPSA) is 9.23 Å². The molecule has 0 aliphatic heterocycles. The van der Waals surface area contributed by atoms with E-state index in [4.69, 9.17) is 4.74 Å². The molecule has 1 unspecified atom stereocenters. The van der Waals surface area contributed by atoms with Crippen LogP contribution in [0.15, 0.2) is 24.3 Å². The van der Waals surface area contributed by atoms with Gasteiger partial charge in [0.2, 0.25) is 0 Å². The molecule has 0 saturated heterocycles. The van der Waals surface area contributed by atoms with Gasteiger partial charge in [0.15, 0.2) is 0 Å². The number of hydrogen-bond donors (Lipinski definition) is 0. The Bertz CT molecular complexity index is 348. The molecule has 2 atom stereocenters. The van der Waals surface area contributed by atoms with Gasteiger partial charge >= 0.3 is 0 Å². The molecule has 0 fully saturated rings. The highest BCUT2D eigenvalue weighted by atomic mass is 19.1. The third-order valence-corrected chi connectivity index (χ3v) is 3.36. The van der Waals surface area contributed by atoms with E-state index in [1.807, 2.05) is 0 Å². The predicted octanol–water partition coefficient (Wildman–Crippen LogP) is 3.34. The van der Waals surface area contributed by atoms with Crippen molar-refractivity contribution in [3.05, 3.63) is 35.4 Å². The lowest BCUT2D eigenvalue weighted by molar-refractivity contribution is 0.0249. The summed E-state index contributed by atoms with van der Waals surface area (Å²) < 4.78 is 17.8. The average molecular weight is 222 g/mol. The van der Waals surface area contributed by atoms with E-state index >= 15 is 0 Å². The zero-order valence-corrected chi connectivity index (χ0v) is 9.95. The Balaban J connectivity index is 2.20. The predicted molar refractivity (Wildman–Crippen MR) is 63.4 cm³/mol. The van der Waals surface area contributed by atoms with Crippen LogP contribution < -0.4 is 0 Å². The van der Waals surface area contributed by atoms with Crippen molar-refractivity contribution in [3.63, 3.8) is 0 Å². The summed E-state index contributed by atoms with van der Waals surface area (Å²) >= 11 is 0. The molecule has 0 amide bonds. The van der Waals surface area contributed by atoms with Gasteiger partial charge in [0.1, 0.15) is 6.67 Å². The Labute approximate surface area is 96.6 Å². The van der Waals surface area contributed by atoms with Crippen LogP contribution in [0.25, 0.3) is 0 Å². The number of fused-ring (bicyclic) bond motifs is 1. The van der Waals surface area contributed by atoms with Gasteiger partial charge in [0, 0.05) is 5.92 Å². The maximum absolute atomic E-state index is 12.2. The molecule has 2 heteroatoms. The van der Waals surface area contributed by atoms with Gasteiger partial charge in [-0.2, -0.15) is 0 Å². The van der Waals surface area contributed by atoms with Crippen LogP contribution in [0.2, 0.25) is 0 Å². The molecule has 1 aromatic rings. The normalized spacial score (nSPS) is 23.8. The summed E-state index contributed by atoms with van der Waals surface area (Å²) in [6.07, 6.45) is 1.09. The minimum Gasteiger partial charge on any atom is -0.375 e. The molecule has 1 aromatic carbocycles. The molecule has 1 nitrogen and oxygen atoms in total. The molecular formula is C14H19FO. The first kappa shape index (κ1) is 11.6. The Morgan fingerprint density at radius 2 is 2.12 bits per heavy atom. The van der Waals surface area contributed by atoms with E-state index in [1.165, 1.54) is 11.1 Å². The minimum atomic E-state index is -0.391. The molecule has 0 spiro atoms. The fourth-order valence-corrected chi connectivity index (χ4v) is 2.74. The monoisotopic (exact) mass is 222 g/mol. The van der Waals surface area contributed by atoms with Crippen molar-refractivity contribution < 1.29 is 9.13 Å². The first-order chi connectivity index (χ1) is 7.74. The quantitative estimate of drug-likeness (QED) is 0.759. The van der Waals surface area contributed by atoms with Gasteiger partial charge in [-0.1, -0.05) is 38.1 Å². The lowest BCUT2D eigenvalue weighted by atomic mass is 9.88. The van der Waals surface area contributed by atoms with E-state index in [0.717, 1.165) is 6.42 Å². The van der Waals surface area contributed by atoms with Crippen LogP contribution in [0.5, 0.6) is 0 Å². The molecule has 0 heterocycles. The second-order valence-electron chi connectivity index (χ2n) is 4.77. The first-order valence-electron chi connectivity index (χ1n) is 5.99. The lowest BCUT2D eigenvalue weighted by Crippen LogP contribution is -2.23. The third-order valence-electron chi connectivity index (χ3n) is 3.36. The SMILES string of the molecule is CC(C)C1c2ccccc2C[C@H]1OCCF. The van der Waals surface area contributed by atoms with Crippen LogP contribution in [-0.4, -0.2) is 19.4 Å². The van der Waals surface area contributed by atoms with Crippen LogP contribution in [-0.2, 0) is 11.2 Å².